The molecule has 2 heterocycles. The number of hydrogen-bond donors (Lipinski definition) is 1. The summed E-state index contributed by atoms with van der Waals surface area (Å²) in [5.41, 5.74) is 2.45. The average Bonchev–Trinajstić information content (AvgIpc) is 3.12. The van der Waals surface area contributed by atoms with Gasteiger partial charge in [-0.3, -0.25) is 4.99 Å². The molecule has 4 rings (SSSR count). The quantitative estimate of drug-likeness (QED) is 0.729. The van der Waals surface area contributed by atoms with Crippen LogP contribution < -0.4 is 4.74 Å². The summed E-state index contributed by atoms with van der Waals surface area (Å²) in [5, 5.41) is 18.6. The molecule has 0 radical (unpaired) electrons. The zero-order valence-corrected chi connectivity index (χ0v) is 14.6. The number of aryl methyl sites for hydroxylation is 1. The van der Waals surface area contributed by atoms with E-state index in [-0.39, 0.29) is 5.75 Å². The van der Waals surface area contributed by atoms with Gasteiger partial charge in [0.25, 0.3) is 0 Å². The summed E-state index contributed by atoms with van der Waals surface area (Å²) in [5.74, 6) is 2.83. The van der Waals surface area contributed by atoms with E-state index in [1.807, 2.05) is 24.3 Å². The summed E-state index contributed by atoms with van der Waals surface area (Å²) in [4.78, 5) is 4.44. The van der Waals surface area contributed by atoms with Crippen molar-refractivity contribution in [3.63, 3.8) is 0 Å². The van der Waals surface area contributed by atoms with Gasteiger partial charge in [-0.15, -0.1) is 10.2 Å². The summed E-state index contributed by atoms with van der Waals surface area (Å²) in [6.07, 6.45) is 4.98. The summed E-state index contributed by atoms with van der Waals surface area (Å²) < 4.78 is 7.38. The maximum absolute atomic E-state index is 9.93. The third-order valence-electron chi connectivity index (χ3n) is 4.57. The molecule has 0 fully saturated rings. The molecule has 6 heteroatoms. The van der Waals surface area contributed by atoms with Crippen LogP contribution in [0.5, 0.6) is 11.5 Å². The monoisotopic (exact) mass is 348 g/mol. The molecule has 0 spiro atoms. The Labute approximate surface area is 151 Å². The number of aliphatic imine (C=N–C) groups is 1. The second-order valence-electron chi connectivity index (χ2n) is 6.28. The minimum absolute atomic E-state index is 0.168. The van der Waals surface area contributed by atoms with E-state index in [0.717, 1.165) is 35.9 Å². The van der Waals surface area contributed by atoms with Crippen LogP contribution in [0.15, 0.2) is 47.5 Å². The number of hydrogen-bond acceptors (Lipinski definition) is 5. The predicted octanol–water partition coefficient (Wildman–Crippen LogP) is 3.75. The fraction of sp³-hybridized carbons (Fsp3) is 0.250. The van der Waals surface area contributed by atoms with Crippen molar-refractivity contribution in [2.45, 2.75) is 25.8 Å². The zero-order chi connectivity index (χ0) is 17.9. The average molecular weight is 348 g/mol. The normalized spacial score (nSPS) is 13.7. The highest BCUT2D eigenvalue weighted by Crippen LogP contribution is 2.26. The summed E-state index contributed by atoms with van der Waals surface area (Å²) in [6, 6.07) is 12.9. The summed E-state index contributed by atoms with van der Waals surface area (Å²) >= 11 is 0. The van der Waals surface area contributed by atoms with Gasteiger partial charge in [0.15, 0.2) is 5.82 Å². The fourth-order valence-corrected chi connectivity index (χ4v) is 3.13. The van der Waals surface area contributed by atoms with Crippen molar-refractivity contribution in [1.29, 1.82) is 0 Å². The molecule has 3 aromatic rings. The lowest BCUT2D eigenvalue weighted by molar-refractivity contribution is 0.412. The van der Waals surface area contributed by atoms with Crippen LogP contribution in [-0.4, -0.2) is 33.2 Å². The Morgan fingerprint density at radius 2 is 1.96 bits per heavy atom. The van der Waals surface area contributed by atoms with Crippen LogP contribution in [0.2, 0.25) is 0 Å². The van der Waals surface area contributed by atoms with Gasteiger partial charge in [0.2, 0.25) is 0 Å². The van der Waals surface area contributed by atoms with E-state index in [0.29, 0.717) is 11.3 Å². The van der Waals surface area contributed by atoms with Crippen molar-refractivity contribution in [2.24, 2.45) is 4.99 Å². The number of methoxy groups -OCH3 is 1. The number of phenolic OH excluding ortho intramolecular Hbond substituents is 1. The Bertz CT molecular complexity index is 945. The largest absolute Gasteiger partial charge is 0.507 e. The lowest BCUT2D eigenvalue weighted by Gasteiger charge is -2.14. The maximum atomic E-state index is 9.93. The Hall–Kier alpha value is -3.15. The van der Waals surface area contributed by atoms with Crippen molar-refractivity contribution in [2.75, 3.05) is 7.11 Å². The SMILES string of the molecule is COc1ccc(O)c(C=Nc2ccc(-c3nnc4n3CCCC4)cc2)c1. The van der Waals surface area contributed by atoms with E-state index in [1.54, 1.807) is 31.5 Å². The van der Waals surface area contributed by atoms with Crippen molar-refractivity contribution in [3.8, 4) is 22.9 Å². The first-order valence-electron chi connectivity index (χ1n) is 8.68. The molecule has 0 amide bonds. The Morgan fingerprint density at radius 1 is 1.12 bits per heavy atom. The minimum atomic E-state index is 0.168. The van der Waals surface area contributed by atoms with Crippen LogP contribution in [0.4, 0.5) is 5.69 Å². The maximum Gasteiger partial charge on any atom is 0.163 e. The van der Waals surface area contributed by atoms with Crippen molar-refractivity contribution in [1.82, 2.24) is 14.8 Å². The first-order chi connectivity index (χ1) is 12.7. The number of aromatic nitrogens is 3. The number of benzene rings is 2. The smallest absolute Gasteiger partial charge is 0.163 e. The summed E-state index contributed by atoms with van der Waals surface area (Å²) in [7, 11) is 1.59. The molecule has 1 aliphatic heterocycles. The number of ether oxygens (including phenoxy) is 1. The minimum Gasteiger partial charge on any atom is -0.507 e. The van der Waals surface area contributed by atoms with Gasteiger partial charge in [-0.25, -0.2) is 0 Å². The first-order valence-corrected chi connectivity index (χ1v) is 8.68. The van der Waals surface area contributed by atoms with E-state index < -0.39 is 0 Å². The number of nitrogens with zero attached hydrogens (tertiary/aromatic N) is 4. The van der Waals surface area contributed by atoms with E-state index in [2.05, 4.69) is 19.8 Å². The molecule has 0 saturated heterocycles. The summed E-state index contributed by atoms with van der Waals surface area (Å²) in [6.45, 7) is 0.979. The second-order valence-corrected chi connectivity index (χ2v) is 6.28. The van der Waals surface area contributed by atoms with Crippen LogP contribution in [0, 0.1) is 0 Å². The van der Waals surface area contributed by atoms with E-state index in [1.165, 1.54) is 12.8 Å². The highest BCUT2D eigenvalue weighted by atomic mass is 16.5. The highest BCUT2D eigenvalue weighted by Gasteiger charge is 2.16. The molecule has 6 nitrogen and oxygen atoms in total. The van der Waals surface area contributed by atoms with Crippen molar-refractivity contribution < 1.29 is 9.84 Å². The molecule has 0 bridgehead atoms. The number of fused-ring (bicyclic) bond motifs is 1. The number of rotatable bonds is 4. The van der Waals surface area contributed by atoms with Crippen molar-refractivity contribution in [3.05, 3.63) is 53.9 Å². The highest BCUT2D eigenvalue weighted by molar-refractivity contribution is 5.86. The van der Waals surface area contributed by atoms with Gasteiger partial charge in [-0.05, 0) is 55.3 Å². The molecular weight excluding hydrogens is 328 g/mol. The predicted molar refractivity (Wildman–Crippen MR) is 100 cm³/mol. The van der Waals surface area contributed by atoms with Crippen LogP contribution in [0.3, 0.4) is 0 Å². The van der Waals surface area contributed by atoms with Gasteiger partial charge in [0, 0.05) is 30.3 Å². The lowest BCUT2D eigenvalue weighted by Crippen LogP contribution is -2.11. The second kappa shape index (κ2) is 7.00. The molecule has 0 atom stereocenters. The number of aromatic hydroxyl groups is 1. The van der Waals surface area contributed by atoms with Gasteiger partial charge in [0.05, 0.1) is 12.8 Å². The van der Waals surface area contributed by atoms with E-state index in [9.17, 15) is 5.11 Å². The van der Waals surface area contributed by atoms with Gasteiger partial charge in [-0.1, -0.05) is 0 Å². The first kappa shape index (κ1) is 16.3. The molecule has 1 aromatic heterocycles. The Balaban J connectivity index is 1.56. The van der Waals surface area contributed by atoms with Gasteiger partial charge in [0.1, 0.15) is 17.3 Å². The molecule has 1 N–H and O–H groups in total. The third-order valence-corrected chi connectivity index (χ3v) is 4.57. The molecule has 132 valence electrons. The van der Waals surface area contributed by atoms with Crippen molar-refractivity contribution >= 4 is 11.9 Å². The molecular formula is C20H20N4O2. The van der Waals surface area contributed by atoms with Crippen LogP contribution in [0.25, 0.3) is 11.4 Å². The molecule has 2 aromatic carbocycles. The zero-order valence-electron chi connectivity index (χ0n) is 14.6. The Morgan fingerprint density at radius 3 is 2.77 bits per heavy atom. The molecule has 1 aliphatic rings. The van der Waals surface area contributed by atoms with Gasteiger partial charge < -0.3 is 14.4 Å². The van der Waals surface area contributed by atoms with Gasteiger partial charge in [-0.2, -0.15) is 0 Å². The fourth-order valence-electron chi connectivity index (χ4n) is 3.13. The molecule has 26 heavy (non-hydrogen) atoms. The van der Waals surface area contributed by atoms with E-state index in [4.69, 9.17) is 4.74 Å². The van der Waals surface area contributed by atoms with Crippen LogP contribution in [0.1, 0.15) is 24.2 Å². The molecule has 0 saturated carbocycles. The van der Waals surface area contributed by atoms with Gasteiger partial charge >= 0.3 is 0 Å². The van der Waals surface area contributed by atoms with Crippen LogP contribution >= 0.6 is 0 Å². The third kappa shape index (κ3) is 3.18. The lowest BCUT2D eigenvalue weighted by atomic mass is 10.1. The molecule has 0 unspecified atom stereocenters. The molecule has 0 aliphatic carbocycles. The Kier molecular flexibility index (Phi) is 4.39. The van der Waals surface area contributed by atoms with E-state index >= 15 is 0 Å². The number of phenols is 1. The standard InChI is InChI=1S/C20H20N4O2/c1-26-17-9-10-18(25)15(12-17)13-21-16-7-5-14(6-8-16)20-23-22-19-4-2-3-11-24(19)20/h5-10,12-13,25H,2-4,11H2,1H3. The topological polar surface area (TPSA) is 72.5 Å². The van der Waals surface area contributed by atoms with Crippen LogP contribution in [-0.2, 0) is 13.0 Å².